The van der Waals surface area contributed by atoms with E-state index < -0.39 is 0 Å². The summed E-state index contributed by atoms with van der Waals surface area (Å²) in [6.07, 6.45) is 9.50. The molecule has 0 heterocycles. The minimum absolute atomic E-state index is 1.09. The van der Waals surface area contributed by atoms with Crippen molar-refractivity contribution in [1.29, 1.82) is 0 Å². The first-order chi connectivity index (χ1) is 4.91. The molecule has 0 unspecified atom stereocenters. The highest BCUT2D eigenvalue weighted by Gasteiger charge is 1.72. The standard InChI is InChI=1S/C5H6.C4H11N/c1-2-4-5-3-1;1-3-5-4-2/h1-4H,5H2;5H,3-4H2,1-2H3. The van der Waals surface area contributed by atoms with Gasteiger partial charge in [0.25, 0.3) is 0 Å². The molecule has 1 nitrogen and oxygen atoms in total. The molecule has 1 N–H and O–H groups in total. The molecular formula is C9H17N. The van der Waals surface area contributed by atoms with E-state index in [0.29, 0.717) is 0 Å². The van der Waals surface area contributed by atoms with Gasteiger partial charge in [-0.25, -0.2) is 0 Å². The van der Waals surface area contributed by atoms with Gasteiger partial charge in [0, 0.05) is 0 Å². The second-order valence-electron chi connectivity index (χ2n) is 2.05. The first kappa shape index (κ1) is 9.44. The Morgan fingerprint density at radius 1 is 1.10 bits per heavy atom. The first-order valence-corrected chi connectivity index (χ1v) is 3.94. The van der Waals surface area contributed by atoms with Gasteiger partial charge in [-0.15, -0.1) is 0 Å². The molecule has 0 aliphatic heterocycles. The third kappa shape index (κ3) is 7.44. The Hall–Kier alpha value is -0.560. The Balaban J connectivity index is 0.000000162. The van der Waals surface area contributed by atoms with E-state index in [-0.39, 0.29) is 0 Å². The van der Waals surface area contributed by atoms with Gasteiger partial charge in [-0.2, -0.15) is 0 Å². The van der Waals surface area contributed by atoms with Crippen molar-refractivity contribution >= 4 is 0 Å². The van der Waals surface area contributed by atoms with Crippen LogP contribution < -0.4 is 5.32 Å². The summed E-state index contributed by atoms with van der Waals surface area (Å²) >= 11 is 0. The highest BCUT2D eigenvalue weighted by atomic mass is 14.8. The summed E-state index contributed by atoms with van der Waals surface area (Å²) in [5, 5.41) is 3.11. The Labute approximate surface area is 63.8 Å². The van der Waals surface area contributed by atoms with Gasteiger partial charge in [-0.3, -0.25) is 0 Å². The van der Waals surface area contributed by atoms with Gasteiger partial charge >= 0.3 is 0 Å². The summed E-state index contributed by atoms with van der Waals surface area (Å²) in [6.45, 7) is 6.39. The van der Waals surface area contributed by atoms with Crippen LogP contribution in [-0.4, -0.2) is 13.1 Å². The van der Waals surface area contributed by atoms with Crippen molar-refractivity contribution in [2.45, 2.75) is 20.3 Å². The molecule has 0 atom stereocenters. The molecule has 10 heavy (non-hydrogen) atoms. The van der Waals surface area contributed by atoms with E-state index in [1.807, 2.05) is 0 Å². The van der Waals surface area contributed by atoms with Gasteiger partial charge in [-0.05, 0) is 19.5 Å². The molecular weight excluding hydrogens is 122 g/mol. The number of nitrogens with one attached hydrogen (secondary N) is 1. The number of hydrogen-bond donors (Lipinski definition) is 1. The molecule has 0 aromatic rings. The van der Waals surface area contributed by atoms with Gasteiger partial charge in [-0.1, -0.05) is 38.2 Å². The minimum atomic E-state index is 1.09. The van der Waals surface area contributed by atoms with Crippen molar-refractivity contribution < 1.29 is 0 Å². The first-order valence-electron chi connectivity index (χ1n) is 3.94. The van der Waals surface area contributed by atoms with E-state index in [1.165, 1.54) is 0 Å². The highest BCUT2D eigenvalue weighted by Crippen LogP contribution is 1.93. The molecule has 0 fully saturated rings. The fourth-order valence-electron chi connectivity index (χ4n) is 0.643. The van der Waals surface area contributed by atoms with Crippen molar-refractivity contribution in [3.8, 4) is 0 Å². The van der Waals surface area contributed by atoms with Crippen LogP contribution in [0.25, 0.3) is 0 Å². The Kier molecular flexibility index (Phi) is 7.97. The summed E-state index contributed by atoms with van der Waals surface area (Å²) in [7, 11) is 0. The van der Waals surface area contributed by atoms with Crippen LogP contribution >= 0.6 is 0 Å². The summed E-state index contributed by atoms with van der Waals surface area (Å²) in [6, 6.07) is 0. The Morgan fingerprint density at radius 2 is 1.60 bits per heavy atom. The van der Waals surface area contributed by atoms with Crippen LogP contribution in [0.1, 0.15) is 20.3 Å². The molecule has 1 heteroatoms. The summed E-state index contributed by atoms with van der Waals surface area (Å²) < 4.78 is 0. The third-order valence-corrected chi connectivity index (χ3v) is 1.16. The summed E-state index contributed by atoms with van der Waals surface area (Å²) in [5.74, 6) is 0. The molecule has 0 aromatic heterocycles. The zero-order valence-electron chi connectivity index (χ0n) is 6.93. The molecule has 0 amide bonds. The van der Waals surface area contributed by atoms with Crippen LogP contribution in [0.4, 0.5) is 0 Å². The Morgan fingerprint density at radius 3 is 1.70 bits per heavy atom. The number of hydrogen-bond acceptors (Lipinski definition) is 1. The normalized spacial score (nSPS) is 13.0. The molecule has 0 radical (unpaired) electrons. The fourth-order valence-corrected chi connectivity index (χ4v) is 0.643. The highest BCUT2D eigenvalue weighted by molar-refractivity contribution is 5.11. The molecule has 0 aromatic carbocycles. The van der Waals surface area contributed by atoms with Gasteiger partial charge < -0.3 is 5.32 Å². The van der Waals surface area contributed by atoms with Crippen molar-refractivity contribution in [1.82, 2.24) is 5.32 Å². The van der Waals surface area contributed by atoms with Crippen LogP contribution in [0.5, 0.6) is 0 Å². The largest absolute Gasteiger partial charge is 0.317 e. The molecule has 0 saturated carbocycles. The average molecular weight is 139 g/mol. The second kappa shape index (κ2) is 8.44. The lowest BCUT2D eigenvalue weighted by Gasteiger charge is -1.86. The van der Waals surface area contributed by atoms with Crippen LogP contribution in [0.3, 0.4) is 0 Å². The van der Waals surface area contributed by atoms with Crippen molar-refractivity contribution in [3.05, 3.63) is 24.3 Å². The van der Waals surface area contributed by atoms with Crippen LogP contribution in [0.2, 0.25) is 0 Å². The predicted octanol–water partition coefficient (Wildman–Crippen LogP) is 2.12. The van der Waals surface area contributed by atoms with E-state index in [0.717, 1.165) is 19.5 Å². The molecule has 1 aliphatic carbocycles. The van der Waals surface area contributed by atoms with Gasteiger partial charge in [0.15, 0.2) is 0 Å². The smallest absolute Gasteiger partial charge is 0.00775 e. The average Bonchev–Trinajstić information content (AvgIpc) is 2.44. The maximum atomic E-state index is 3.11. The van der Waals surface area contributed by atoms with E-state index in [1.54, 1.807) is 0 Å². The van der Waals surface area contributed by atoms with Crippen molar-refractivity contribution in [2.75, 3.05) is 13.1 Å². The molecule has 0 bridgehead atoms. The maximum Gasteiger partial charge on any atom is -0.00775 e. The zero-order valence-corrected chi connectivity index (χ0v) is 6.93. The van der Waals surface area contributed by atoms with Gasteiger partial charge in [0.2, 0.25) is 0 Å². The Bertz CT molecular complexity index is 91.3. The van der Waals surface area contributed by atoms with Crippen LogP contribution in [0, 0.1) is 0 Å². The number of rotatable bonds is 2. The monoisotopic (exact) mass is 139 g/mol. The quantitative estimate of drug-likeness (QED) is 0.618. The lowest BCUT2D eigenvalue weighted by molar-refractivity contribution is 0.762. The number of allylic oxidation sites excluding steroid dienone is 4. The van der Waals surface area contributed by atoms with Crippen LogP contribution in [-0.2, 0) is 0 Å². The van der Waals surface area contributed by atoms with E-state index >= 15 is 0 Å². The van der Waals surface area contributed by atoms with Crippen LogP contribution in [0.15, 0.2) is 24.3 Å². The van der Waals surface area contributed by atoms with Gasteiger partial charge in [0.1, 0.15) is 0 Å². The van der Waals surface area contributed by atoms with E-state index in [4.69, 9.17) is 0 Å². The molecule has 1 rings (SSSR count). The zero-order chi connectivity index (χ0) is 7.66. The molecule has 0 saturated heterocycles. The SMILES string of the molecule is C1=CCC=C1.CCNCC. The lowest BCUT2D eigenvalue weighted by atomic mass is 10.5. The van der Waals surface area contributed by atoms with E-state index in [9.17, 15) is 0 Å². The summed E-state index contributed by atoms with van der Waals surface area (Å²) in [5.41, 5.74) is 0. The molecule has 1 aliphatic rings. The minimum Gasteiger partial charge on any atom is -0.317 e. The molecule has 58 valence electrons. The maximum absolute atomic E-state index is 3.11. The van der Waals surface area contributed by atoms with Crippen molar-refractivity contribution in [3.63, 3.8) is 0 Å². The van der Waals surface area contributed by atoms with E-state index in [2.05, 4.69) is 43.5 Å². The molecule has 0 spiro atoms. The summed E-state index contributed by atoms with van der Waals surface area (Å²) in [4.78, 5) is 0. The van der Waals surface area contributed by atoms with Gasteiger partial charge in [0.05, 0.1) is 0 Å². The second-order valence-corrected chi connectivity index (χ2v) is 2.05. The third-order valence-electron chi connectivity index (χ3n) is 1.16. The van der Waals surface area contributed by atoms with Crippen molar-refractivity contribution in [2.24, 2.45) is 0 Å². The topological polar surface area (TPSA) is 12.0 Å². The predicted molar refractivity (Wildman–Crippen MR) is 47.1 cm³/mol. The fraction of sp³-hybridized carbons (Fsp3) is 0.556. The lowest BCUT2D eigenvalue weighted by Crippen LogP contribution is -2.09.